The van der Waals surface area contributed by atoms with Gasteiger partial charge >= 0.3 is 0 Å². The van der Waals surface area contributed by atoms with Crippen molar-refractivity contribution in [2.45, 2.75) is 38.4 Å². The number of carbonyl (C=O) groups excluding carboxylic acids is 1. The van der Waals surface area contributed by atoms with Crippen LogP contribution in [0.5, 0.6) is 0 Å². The summed E-state index contributed by atoms with van der Waals surface area (Å²) in [6, 6.07) is 7.47. The topological polar surface area (TPSA) is 67.7 Å². The van der Waals surface area contributed by atoms with Crippen molar-refractivity contribution in [3.05, 3.63) is 34.6 Å². The molecule has 4 rings (SSSR count). The Morgan fingerprint density at radius 3 is 2.59 bits per heavy atom. The number of nitrogens with zero attached hydrogens (tertiary/aromatic N) is 4. The van der Waals surface area contributed by atoms with E-state index in [1.807, 2.05) is 29.2 Å². The van der Waals surface area contributed by atoms with Crippen molar-refractivity contribution in [3.63, 3.8) is 0 Å². The third-order valence-electron chi connectivity index (χ3n) is 6.33. The number of para-hydroxylation sites is 1. The largest absolute Gasteiger partial charge is 0.379 e. The smallest absolute Gasteiger partial charge is 0.262 e. The molecule has 7 nitrogen and oxygen atoms in total. The zero-order chi connectivity index (χ0) is 22.5. The van der Waals surface area contributed by atoms with Crippen LogP contribution >= 0.6 is 11.8 Å². The average molecular weight is 459 g/mol. The van der Waals surface area contributed by atoms with Crippen LogP contribution in [0, 0.1) is 11.8 Å². The number of morpholine rings is 1. The first-order valence-corrected chi connectivity index (χ1v) is 12.7. The SMILES string of the molecule is C[C@@H]1C[C@@H](C)CN(C(=O)CSc2nc3ccccc3c(=O)n2CCCN2CCOCC2)C1. The van der Waals surface area contributed by atoms with Crippen LogP contribution in [0.25, 0.3) is 10.9 Å². The molecule has 1 aromatic carbocycles. The van der Waals surface area contributed by atoms with Gasteiger partial charge in [0.05, 0.1) is 29.9 Å². The lowest BCUT2D eigenvalue weighted by Crippen LogP contribution is -2.43. The highest BCUT2D eigenvalue weighted by Crippen LogP contribution is 2.23. The van der Waals surface area contributed by atoms with Crippen molar-refractivity contribution in [2.24, 2.45) is 11.8 Å². The molecular weight excluding hydrogens is 424 g/mol. The minimum Gasteiger partial charge on any atom is -0.379 e. The second-order valence-electron chi connectivity index (χ2n) is 9.21. The monoisotopic (exact) mass is 458 g/mol. The lowest BCUT2D eigenvalue weighted by atomic mass is 9.92. The Labute approximate surface area is 194 Å². The molecule has 2 fully saturated rings. The number of carbonyl (C=O) groups is 1. The van der Waals surface area contributed by atoms with Crippen molar-refractivity contribution in [2.75, 3.05) is 51.7 Å². The van der Waals surface area contributed by atoms with Gasteiger partial charge in [0.1, 0.15) is 0 Å². The van der Waals surface area contributed by atoms with E-state index >= 15 is 0 Å². The quantitative estimate of drug-likeness (QED) is 0.470. The Hall–Kier alpha value is -1.90. The number of amides is 1. The van der Waals surface area contributed by atoms with Gasteiger partial charge in [0.25, 0.3) is 5.56 Å². The van der Waals surface area contributed by atoms with E-state index < -0.39 is 0 Å². The number of ether oxygens (including phenoxy) is 1. The molecule has 1 aromatic heterocycles. The van der Waals surface area contributed by atoms with E-state index in [9.17, 15) is 9.59 Å². The predicted molar refractivity (Wildman–Crippen MR) is 128 cm³/mol. The molecule has 0 aliphatic carbocycles. The minimum absolute atomic E-state index is 0.0206. The van der Waals surface area contributed by atoms with Crippen LogP contribution in [0.3, 0.4) is 0 Å². The third kappa shape index (κ3) is 5.71. The van der Waals surface area contributed by atoms with Crippen LogP contribution in [0.15, 0.2) is 34.2 Å². The van der Waals surface area contributed by atoms with Gasteiger partial charge in [0.15, 0.2) is 5.16 Å². The molecule has 0 N–H and O–H groups in total. The van der Waals surface area contributed by atoms with Gasteiger partial charge < -0.3 is 9.64 Å². The van der Waals surface area contributed by atoms with Crippen molar-refractivity contribution >= 4 is 28.6 Å². The van der Waals surface area contributed by atoms with E-state index in [2.05, 4.69) is 18.7 Å². The first-order chi connectivity index (χ1) is 15.5. The summed E-state index contributed by atoms with van der Waals surface area (Å²) in [5.41, 5.74) is 0.671. The number of rotatable bonds is 7. The standard InChI is InChI=1S/C24H34N4O3S/c1-18-14-19(2)16-27(15-18)22(29)17-32-24-25-21-7-4-3-6-20(21)23(30)28(24)9-5-8-26-10-12-31-13-11-26/h3-4,6-7,18-19H,5,8-17H2,1-2H3/t18-,19-/m1/s1. The number of fused-ring (bicyclic) bond motifs is 1. The fourth-order valence-electron chi connectivity index (χ4n) is 4.82. The van der Waals surface area contributed by atoms with E-state index in [1.54, 1.807) is 4.57 Å². The maximum Gasteiger partial charge on any atom is 0.262 e. The van der Waals surface area contributed by atoms with Crippen molar-refractivity contribution in [1.29, 1.82) is 0 Å². The first-order valence-electron chi connectivity index (χ1n) is 11.7. The molecule has 0 saturated carbocycles. The highest BCUT2D eigenvalue weighted by Gasteiger charge is 2.25. The summed E-state index contributed by atoms with van der Waals surface area (Å²) < 4.78 is 7.19. The summed E-state index contributed by atoms with van der Waals surface area (Å²) in [5, 5.41) is 1.27. The van der Waals surface area contributed by atoms with Crippen molar-refractivity contribution in [3.8, 4) is 0 Å². The molecule has 0 radical (unpaired) electrons. The van der Waals surface area contributed by atoms with Gasteiger partial charge in [0, 0.05) is 39.3 Å². The second kappa shape index (κ2) is 10.8. The highest BCUT2D eigenvalue weighted by molar-refractivity contribution is 7.99. The Kier molecular flexibility index (Phi) is 7.86. The molecule has 174 valence electrons. The van der Waals surface area contributed by atoms with Gasteiger partial charge in [-0.25, -0.2) is 4.98 Å². The first kappa shape index (κ1) is 23.3. The summed E-state index contributed by atoms with van der Waals surface area (Å²) in [7, 11) is 0. The Morgan fingerprint density at radius 1 is 1.12 bits per heavy atom. The van der Waals surface area contributed by atoms with Gasteiger partial charge in [-0.15, -0.1) is 0 Å². The van der Waals surface area contributed by atoms with Gasteiger partial charge in [-0.2, -0.15) is 0 Å². The number of thioether (sulfide) groups is 1. The van der Waals surface area contributed by atoms with Crippen LogP contribution in [0.2, 0.25) is 0 Å². The van der Waals surface area contributed by atoms with Crippen LogP contribution in [-0.4, -0.2) is 76.9 Å². The minimum atomic E-state index is -0.0206. The lowest BCUT2D eigenvalue weighted by molar-refractivity contribution is -0.130. The molecule has 2 aromatic rings. The Balaban J connectivity index is 1.48. The molecule has 1 amide bonds. The zero-order valence-corrected chi connectivity index (χ0v) is 20.0. The molecule has 8 heteroatoms. The van der Waals surface area contributed by atoms with E-state index in [0.29, 0.717) is 40.2 Å². The zero-order valence-electron chi connectivity index (χ0n) is 19.2. The summed E-state index contributed by atoms with van der Waals surface area (Å²) in [6.45, 7) is 11.0. The van der Waals surface area contributed by atoms with E-state index in [4.69, 9.17) is 9.72 Å². The molecule has 2 atom stereocenters. The molecule has 0 spiro atoms. The van der Waals surface area contributed by atoms with Crippen LogP contribution in [0.4, 0.5) is 0 Å². The van der Waals surface area contributed by atoms with Crippen molar-refractivity contribution < 1.29 is 9.53 Å². The number of hydrogen-bond acceptors (Lipinski definition) is 6. The molecule has 0 bridgehead atoms. The second-order valence-corrected chi connectivity index (χ2v) is 10.2. The maximum atomic E-state index is 13.2. The molecular formula is C24H34N4O3S. The molecule has 32 heavy (non-hydrogen) atoms. The number of piperidine rings is 1. The summed E-state index contributed by atoms with van der Waals surface area (Å²) in [6.07, 6.45) is 2.04. The lowest BCUT2D eigenvalue weighted by Gasteiger charge is -2.35. The molecule has 2 saturated heterocycles. The highest BCUT2D eigenvalue weighted by atomic mass is 32.2. The molecule has 2 aliphatic rings. The fourth-order valence-corrected chi connectivity index (χ4v) is 5.74. The number of aromatic nitrogens is 2. The van der Waals surface area contributed by atoms with E-state index in [1.165, 1.54) is 18.2 Å². The Morgan fingerprint density at radius 2 is 1.84 bits per heavy atom. The summed E-state index contributed by atoms with van der Waals surface area (Å²) >= 11 is 1.39. The van der Waals surface area contributed by atoms with Gasteiger partial charge in [0.2, 0.25) is 5.91 Å². The predicted octanol–water partition coefficient (Wildman–Crippen LogP) is 2.72. The third-order valence-corrected chi connectivity index (χ3v) is 7.29. The average Bonchev–Trinajstić information content (AvgIpc) is 2.79. The maximum absolute atomic E-state index is 13.2. The Bertz CT molecular complexity index is 979. The van der Waals surface area contributed by atoms with Gasteiger partial charge in [-0.05, 0) is 36.8 Å². The normalized spacial score (nSPS) is 22.4. The number of hydrogen-bond donors (Lipinski definition) is 0. The number of likely N-dealkylation sites (tertiary alicyclic amines) is 1. The van der Waals surface area contributed by atoms with Crippen LogP contribution in [-0.2, 0) is 16.1 Å². The molecule has 2 aliphatic heterocycles. The summed E-state index contributed by atoms with van der Waals surface area (Å²) in [5.74, 6) is 1.51. The van der Waals surface area contributed by atoms with Gasteiger partial charge in [-0.1, -0.05) is 37.7 Å². The molecule has 0 unspecified atom stereocenters. The summed E-state index contributed by atoms with van der Waals surface area (Å²) in [4.78, 5) is 35.3. The van der Waals surface area contributed by atoms with Crippen molar-refractivity contribution in [1.82, 2.24) is 19.4 Å². The number of benzene rings is 1. The van der Waals surface area contributed by atoms with Gasteiger partial charge in [-0.3, -0.25) is 19.1 Å². The van der Waals surface area contributed by atoms with E-state index in [-0.39, 0.29) is 11.5 Å². The fraction of sp³-hybridized carbons (Fsp3) is 0.625. The molecule has 3 heterocycles. The van der Waals surface area contributed by atoms with Crippen LogP contribution < -0.4 is 5.56 Å². The van der Waals surface area contributed by atoms with Crippen LogP contribution in [0.1, 0.15) is 26.7 Å². The van der Waals surface area contributed by atoms with E-state index in [0.717, 1.165) is 52.4 Å².